The van der Waals surface area contributed by atoms with E-state index in [1.165, 1.54) is 6.42 Å². The van der Waals surface area contributed by atoms with Crippen LogP contribution in [0.15, 0.2) is 0 Å². The van der Waals surface area contributed by atoms with Crippen molar-refractivity contribution in [3.63, 3.8) is 0 Å². The number of nitrogens with one attached hydrogen (secondary N) is 1. The Morgan fingerprint density at radius 3 is 2.82 bits per heavy atom. The molecule has 3 atom stereocenters. The van der Waals surface area contributed by atoms with Crippen molar-refractivity contribution in [2.24, 2.45) is 5.92 Å². The maximum Gasteiger partial charge on any atom is 0.0622 e. The fraction of sp³-hybridized carbons (Fsp3) is 1.00. The number of nitrogens with zero attached hydrogens (tertiary/aromatic N) is 1. The second kappa shape index (κ2) is 6.69. The fourth-order valence-corrected chi connectivity index (χ4v) is 2.96. The summed E-state index contributed by atoms with van der Waals surface area (Å²) in [7, 11) is 2.07. The lowest BCUT2D eigenvalue weighted by Crippen LogP contribution is -2.52. The summed E-state index contributed by atoms with van der Waals surface area (Å²) in [4.78, 5) is 2.59. The van der Waals surface area contributed by atoms with Gasteiger partial charge in [0.15, 0.2) is 0 Å². The van der Waals surface area contributed by atoms with Crippen molar-refractivity contribution in [2.45, 2.75) is 31.8 Å². The van der Waals surface area contributed by atoms with Crippen LogP contribution in [0.4, 0.5) is 0 Å². The van der Waals surface area contributed by atoms with E-state index in [0.29, 0.717) is 18.0 Å². The second-order valence-corrected chi connectivity index (χ2v) is 5.15. The van der Waals surface area contributed by atoms with Crippen molar-refractivity contribution < 1.29 is 9.47 Å². The lowest BCUT2D eigenvalue weighted by Gasteiger charge is -2.40. The molecule has 2 fully saturated rings. The molecule has 0 bridgehead atoms. The molecule has 2 rings (SSSR count). The largest absolute Gasteiger partial charge is 0.381 e. The third-order valence-electron chi connectivity index (χ3n) is 4.13. The first-order chi connectivity index (χ1) is 8.35. The summed E-state index contributed by atoms with van der Waals surface area (Å²) in [5.74, 6) is 0.626. The minimum absolute atomic E-state index is 0.600. The van der Waals surface area contributed by atoms with Crippen LogP contribution in [0.3, 0.4) is 0 Å². The van der Waals surface area contributed by atoms with Gasteiger partial charge in [0, 0.05) is 37.7 Å². The topological polar surface area (TPSA) is 33.7 Å². The number of rotatable bonds is 4. The molecule has 0 radical (unpaired) electrons. The summed E-state index contributed by atoms with van der Waals surface area (Å²) in [5, 5.41) is 3.44. The first-order valence-electron chi connectivity index (χ1n) is 6.92. The molecule has 4 nitrogen and oxygen atoms in total. The second-order valence-electron chi connectivity index (χ2n) is 5.15. The predicted molar refractivity (Wildman–Crippen MR) is 68.2 cm³/mol. The molecule has 1 N–H and O–H groups in total. The van der Waals surface area contributed by atoms with Crippen LogP contribution in [0.1, 0.15) is 19.8 Å². The van der Waals surface area contributed by atoms with E-state index >= 15 is 0 Å². The molecule has 4 heteroatoms. The average molecular weight is 242 g/mol. The van der Waals surface area contributed by atoms with E-state index in [9.17, 15) is 0 Å². The van der Waals surface area contributed by atoms with Gasteiger partial charge in [-0.2, -0.15) is 0 Å². The summed E-state index contributed by atoms with van der Waals surface area (Å²) >= 11 is 0. The highest BCUT2D eigenvalue weighted by molar-refractivity contribution is 4.84. The van der Waals surface area contributed by atoms with Crippen LogP contribution in [0.25, 0.3) is 0 Å². The molecular weight excluding hydrogens is 216 g/mol. The number of hydrogen-bond donors (Lipinski definition) is 1. The summed E-state index contributed by atoms with van der Waals surface area (Å²) < 4.78 is 11.2. The molecule has 0 spiro atoms. The quantitative estimate of drug-likeness (QED) is 0.788. The molecule has 17 heavy (non-hydrogen) atoms. The standard InChI is InChI=1S/C13H26N2O2/c1-3-12-10-17-7-5-15(12)8-11-9-16-6-4-13(11)14-2/h11-14H,3-10H2,1-2H3. The van der Waals surface area contributed by atoms with E-state index in [4.69, 9.17) is 9.47 Å². The Labute approximate surface area is 105 Å². The Balaban J connectivity index is 1.88. The third-order valence-corrected chi connectivity index (χ3v) is 4.13. The van der Waals surface area contributed by atoms with E-state index in [1.54, 1.807) is 0 Å². The lowest BCUT2D eigenvalue weighted by atomic mass is 9.94. The Morgan fingerprint density at radius 2 is 2.06 bits per heavy atom. The van der Waals surface area contributed by atoms with Crippen molar-refractivity contribution >= 4 is 0 Å². The van der Waals surface area contributed by atoms with Crippen molar-refractivity contribution in [1.82, 2.24) is 10.2 Å². The van der Waals surface area contributed by atoms with Gasteiger partial charge in [-0.25, -0.2) is 0 Å². The monoisotopic (exact) mass is 242 g/mol. The zero-order valence-corrected chi connectivity index (χ0v) is 11.2. The maximum atomic E-state index is 5.63. The summed E-state index contributed by atoms with van der Waals surface area (Å²) in [5.41, 5.74) is 0. The van der Waals surface area contributed by atoms with Crippen LogP contribution in [0.2, 0.25) is 0 Å². The molecule has 3 unspecified atom stereocenters. The van der Waals surface area contributed by atoms with Gasteiger partial charge in [-0.1, -0.05) is 6.92 Å². The van der Waals surface area contributed by atoms with Crippen LogP contribution in [-0.4, -0.2) is 63.5 Å². The molecule has 2 heterocycles. The molecule has 0 aromatic heterocycles. The molecule has 100 valence electrons. The van der Waals surface area contributed by atoms with Crippen molar-refractivity contribution in [1.29, 1.82) is 0 Å². The minimum Gasteiger partial charge on any atom is -0.381 e. The fourth-order valence-electron chi connectivity index (χ4n) is 2.96. The molecule has 0 saturated carbocycles. The van der Waals surface area contributed by atoms with E-state index in [2.05, 4.69) is 24.2 Å². The third kappa shape index (κ3) is 3.41. The molecule has 0 amide bonds. The number of ether oxygens (including phenoxy) is 2. The Morgan fingerprint density at radius 1 is 1.24 bits per heavy atom. The van der Waals surface area contributed by atoms with Crippen molar-refractivity contribution in [3.05, 3.63) is 0 Å². The van der Waals surface area contributed by atoms with Crippen LogP contribution in [0.5, 0.6) is 0 Å². The SMILES string of the molecule is CCC1COCCN1CC1COCCC1NC. The zero-order valence-electron chi connectivity index (χ0n) is 11.2. The minimum atomic E-state index is 0.600. The molecule has 0 aromatic rings. The lowest BCUT2D eigenvalue weighted by molar-refractivity contribution is -0.0386. The molecule has 0 aliphatic carbocycles. The van der Waals surface area contributed by atoms with E-state index < -0.39 is 0 Å². The van der Waals surface area contributed by atoms with Crippen LogP contribution >= 0.6 is 0 Å². The highest BCUT2D eigenvalue weighted by Gasteiger charge is 2.29. The highest BCUT2D eigenvalue weighted by atomic mass is 16.5. The van der Waals surface area contributed by atoms with Gasteiger partial charge in [0.25, 0.3) is 0 Å². The first-order valence-corrected chi connectivity index (χ1v) is 6.92. The van der Waals surface area contributed by atoms with E-state index in [0.717, 1.165) is 45.9 Å². The van der Waals surface area contributed by atoms with Crippen LogP contribution in [-0.2, 0) is 9.47 Å². The van der Waals surface area contributed by atoms with Crippen LogP contribution in [0, 0.1) is 5.92 Å². The number of morpholine rings is 1. The van der Waals surface area contributed by atoms with Crippen molar-refractivity contribution in [2.75, 3.05) is 46.6 Å². The predicted octanol–water partition coefficient (Wildman–Crippen LogP) is 0.722. The van der Waals surface area contributed by atoms with Gasteiger partial charge >= 0.3 is 0 Å². The van der Waals surface area contributed by atoms with Gasteiger partial charge in [-0.05, 0) is 19.9 Å². The molecule has 0 aromatic carbocycles. The van der Waals surface area contributed by atoms with E-state index in [1.807, 2.05) is 0 Å². The highest BCUT2D eigenvalue weighted by Crippen LogP contribution is 2.19. The number of hydrogen-bond acceptors (Lipinski definition) is 4. The van der Waals surface area contributed by atoms with Crippen molar-refractivity contribution in [3.8, 4) is 0 Å². The van der Waals surface area contributed by atoms with Gasteiger partial charge in [0.1, 0.15) is 0 Å². The summed E-state index contributed by atoms with van der Waals surface area (Å²) in [6, 6.07) is 1.22. The molecular formula is C13H26N2O2. The molecule has 2 saturated heterocycles. The van der Waals surface area contributed by atoms with Crippen LogP contribution < -0.4 is 5.32 Å². The Bertz CT molecular complexity index is 203. The normalized spacial score (nSPS) is 36.0. The average Bonchev–Trinajstić information content (AvgIpc) is 2.40. The Hall–Kier alpha value is -0.160. The van der Waals surface area contributed by atoms with E-state index in [-0.39, 0.29) is 0 Å². The van der Waals surface area contributed by atoms with Gasteiger partial charge in [-0.3, -0.25) is 4.90 Å². The van der Waals surface area contributed by atoms with Gasteiger partial charge in [-0.15, -0.1) is 0 Å². The molecule has 2 aliphatic rings. The Kier molecular flexibility index (Phi) is 5.22. The van der Waals surface area contributed by atoms with Gasteiger partial charge in [0.2, 0.25) is 0 Å². The van der Waals surface area contributed by atoms with Gasteiger partial charge in [0.05, 0.1) is 19.8 Å². The summed E-state index contributed by atoms with van der Waals surface area (Å²) in [6.07, 6.45) is 2.32. The molecule has 2 aliphatic heterocycles. The smallest absolute Gasteiger partial charge is 0.0622 e. The first kappa shape index (κ1) is 13.3. The van der Waals surface area contributed by atoms with Gasteiger partial charge < -0.3 is 14.8 Å². The zero-order chi connectivity index (χ0) is 12.1. The maximum absolute atomic E-state index is 5.63. The summed E-state index contributed by atoms with van der Waals surface area (Å²) in [6.45, 7) is 8.06.